The number of benzene rings is 1. The molecular weight excluding hydrogens is 394 g/mol. The molecule has 1 aliphatic rings. The van der Waals surface area contributed by atoms with Crippen LogP contribution < -0.4 is 5.32 Å². The van der Waals surface area contributed by atoms with Crippen molar-refractivity contribution in [1.82, 2.24) is 15.2 Å². The number of hydrogen-bond donors (Lipinski definition) is 2. The minimum Gasteiger partial charge on any atom is -0.460 e. The van der Waals surface area contributed by atoms with Crippen LogP contribution in [-0.4, -0.2) is 58.3 Å². The van der Waals surface area contributed by atoms with Gasteiger partial charge in [-0.25, -0.2) is 4.98 Å². The van der Waals surface area contributed by atoms with E-state index >= 15 is 0 Å². The topological polar surface area (TPSA) is 91.8 Å². The van der Waals surface area contributed by atoms with Crippen LogP contribution in [-0.2, 0) is 9.53 Å². The lowest BCUT2D eigenvalue weighted by atomic mass is 9.84. The van der Waals surface area contributed by atoms with Crippen LogP contribution in [0.3, 0.4) is 0 Å². The number of pyridine rings is 1. The average Bonchev–Trinajstić information content (AvgIpc) is 3.24. The molecule has 1 aromatic heterocycles. The van der Waals surface area contributed by atoms with E-state index in [1.165, 1.54) is 6.08 Å². The number of esters is 1. The van der Waals surface area contributed by atoms with E-state index in [2.05, 4.69) is 16.9 Å². The summed E-state index contributed by atoms with van der Waals surface area (Å²) in [5.41, 5.74) is 0.542. The molecule has 3 unspecified atom stereocenters. The van der Waals surface area contributed by atoms with Crippen molar-refractivity contribution in [1.29, 1.82) is 0 Å². The molecular formula is C24H31N3O4. The molecule has 1 aliphatic heterocycles. The second kappa shape index (κ2) is 9.58. The first-order valence-electron chi connectivity index (χ1n) is 10.6. The molecule has 0 spiro atoms. The summed E-state index contributed by atoms with van der Waals surface area (Å²) in [6.07, 6.45) is 1.84. The summed E-state index contributed by atoms with van der Waals surface area (Å²) in [7, 11) is 0. The minimum atomic E-state index is -1.05. The van der Waals surface area contributed by atoms with Gasteiger partial charge in [0.2, 0.25) is 0 Å². The number of nitrogens with zero attached hydrogens (tertiary/aromatic N) is 2. The monoisotopic (exact) mass is 425 g/mol. The molecule has 2 aromatic rings. The van der Waals surface area contributed by atoms with E-state index in [0.717, 1.165) is 17.3 Å². The lowest BCUT2D eigenvalue weighted by molar-refractivity contribution is -0.153. The van der Waals surface area contributed by atoms with E-state index in [9.17, 15) is 14.7 Å². The minimum absolute atomic E-state index is 0.131. The Kier molecular flexibility index (Phi) is 7.08. The Balaban J connectivity index is 1.79. The van der Waals surface area contributed by atoms with Crippen LogP contribution in [0.25, 0.3) is 10.9 Å². The Hall–Kier alpha value is -2.77. The van der Waals surface area contributed by atoms with Crippen LogP contribution in [0.1, 0.15) is 44.1 Å². The number of hydrogen-bond acceptors (Lipinski definition) is 6. The number of rotatable bonds is 7. The first kappa shape index (κ1) is 22.9. The van der Waals surface area contributed by atoms with E-state index in [4.69, 9.17) is 4.74 Å². The Labute approximate surface area is 183 Å². The third-order valence-corrected chi connectivity index (χ3v) is 5.60. The van der Waals surface area contributed by atoms with Gasteiger partial charge in [0.25, 0.3) is 5.91 Å². The van der Waals surface area contributed by atoms with Crippen molar-refractivity contribution < 1.29 is 19.4 Å². The first-order chi connectivity index (χ1) is 14.7. The number of fused-ring (bicyclic) bond motifs is 1. The van der Waals surface area contributed by atoms with Crippen LogP contribution in [0.15, 0.2) is 49.1 Å². The molecule has 166 valence electrons. The number of ether oxygens (including phenoxy) is 1. The second-order valence-corrected chi connectivity index (χ2v) is 8.93. The first-order valence-corrected chi connectivity index (χ1v) is 10.6. The number of aliphatic hydroxyl groups is 1. The van der Waals surface area contributed by atoms with Gasteiger partial charge in [-0.3, -0.25) is 14.5 Å². The highest BCUT2D eigenvalue weighted by Crippen LogP contribution is 2.29. The third-order valence-electron chi connectivity index (χ3n) is 5.60. The fraction of sp³-hybridized carbons (Fsp3) is 0.458. The largest absolute Gasteiger partial charge is 0.460 e. The van der Waals surface area contributed by atoms with Crippen molar-refractivity contribution in [3.8, 4) is 0 Å². The molecule has 1 fully saturated rings. The van der Waals surface area contributed by atoms with Gasteiger partial charge < -0.3 is 15.2 Å². The number of carbonyl (C=O) groups excluding carboxylic acids is 2. The number of nitrogens with one attached hydrogen (secondary N) is 1. The number of carbonyl (C=O) groups is 2. The highest BCUT2D eigenvalue weighted by atomic mass is 16.5. The standard InChI is InChI=1S/C24H31N3O4/c1-5-15-31-23(30)19-11-8-14-27(19)22(29)20(24(2,3)4)26-21(28)18-13-12-16-9-6-7-10-17(16)25-18/h5-7,9-10,12-13,19-20,22,29H,1,8,11,14-15H2,2-4H3,(H,26,28). The second-order valence-electron chi connectivity index (χ2n) is 8.93. The fourth-order valence-corrected chi connectivity index (χ4v) is 3.93. The zero-order valence-corrected chi connectivity index (χ0v) is 18.4. The summed E-state index contributed by atoms with van der Waals surface area (Å²) in [6, 6.07) is 9.94. The van der Waals surface area contributed by atoms with E-state index in [-0.39, 0.29) is 24.2 Å². The summed E-state index contributed by atoms with van der Waals surface area (Å²) >= 11 is 0. The number of para-hydroxylation sites is 1. The number of aliphatic hydroxyl groups excluding tert-OH is 1. The molecule has 7 heteroatoms. The molecule has 0 saturated carbocycles. The van der Waals surface area contributed by atoms with Gasteiger partial charge in [0.15, 0.2) is 0 Å². The van der Waals surface area contributed by atoms with Crippen LogP contribution in [0.5, 0.6) is 0 Å². The van der Waals surface area contributed by atoms with Crippen molar-refractivity contribution in [2.45, 2.75) is 51.9 Å². The van der Waals surface area contributed by atoms with Crippen molar-refractivity contribution in [2.75, 3.05) is 13.2 Å². The van der Waals surface area contributed by atoms with Crippen LogP contribution >= 0.6 is 0 Å². The summed E-state index contributed by atoms with van der Waals surface area (Å²) in [4.78, 5) is 31.6. The Morgan fingerprint density at radius 1 is 1.32 bits per heavy atom. The molecule has 2 heterocycles. The zero-order chi connectivity index (χ0) is 22.6. The van der Waals surface area contributed by atoms with Crippen LogP contribution in [0.4, 0.5) is 0 Å². The zero-order valence-electron chi connectivity index (χ0n) is 18.4. The van der Waals surface area contributed by atoms with E-state index < -0.39 is 23.7 Å². The molecule has 0 aliphatic carbocycles. The maximum atomic E-state index is 13.0. The van der Waals surface area contributed by atoms with Gasteiger partial charge in [0, 0.05) is 11.9 Å². The average molecular weight is 426 g/mol. The van der Waals surface area contributed by atoms with E-state index in [1.807, 2.05) is 51.1 Å². The smallest absolute Gasteiger partial charge is 0.323 e. The predicted octanol–water partition coefficient (Wildman–Crippen LogP) is 2.89. The van der Waals surface area contributed by atoms with Gasteiger partial charge in [-0.1, -0.05) is 57.7 Å². The Morgan fingerprint density at radius 2 is 2.06 bits per heavy atom. The molecule has 0 radical (unpaired) electrons. The molecule has 3 rings (SSSR count). The van der Waals surface area contributed by atoms with Gasteiger partial charge in [-0.05, 0) is 30.4 Å². The molecule has 7 nitrogen and oxygen atoms in total. The molecule has 1 amide bonds. The van der Waals surface area contributed by atoms with Gasteiger partial charge >= 0.3 is 5.97 Å². The number of likely N-dealkylation sites (tertiary alicyclic amines) is 1. The fourth-order valence-electron chi connectivity index (χ4n) is 3.93. The maximum absolute atomic E-state index is 13.0. The number of aromatic nitrogens is 1. The van der Waals surface area contributed by atoms with Gasteiger partial charge in [0.05, 0.1) is 11.6 Å². The van der Waals surface area contributed by atoms with Crippen molar-refractivity contribution in [3.63, 3.8) is 0 Å². The predicted molar refractivity (Wildman–Crippen MR) is 119 cm³/mol. The maximum Gasteiger partial charge on any atom is 0.323 e. The molecule has 0 bridgehead atoms. The van der Waals surface area contributed by atoms with Crippen LogP contribution in [0, 0.1) is 5.41 Å². The van der Waals surface area contributed by atoms with E-state index in [1.54, 1.807) is 11.0 Å². The SMILES string of the molecule is C=CCOC(=O)C1CCCN1C(O)C(NC(=O)c1ccc2ccccc2n1)C(C)(C)C. The van der Waals surface area contributed by atoms with Crippen molar-refractivity contribution in [2.24, 2.45) is 5.41 Å². The molecule has 3 atom stereocenters. The summed E-state index contributed by atoms with van der Waals surface area (Å²) in [5, 5.41) is 15.1. The summed E-state index contributed by atoms with van der Waals surface area (Å²) < 4.78 is 5.21. The molecule has 1 saturated heterocycles. The van der Waals surface area contributed by atoms with Crippen molar-refractivity contribution >= 4 is 22.8 Å². The highest BCUT2D eigenvalue weighted by Gasteiger charge is 2.43. The van der Waals surface area contributed by atoms with Crippen LogP contribution in [0.2, 0.25) is 0 Å². The highest BCUT2D eigenvalue weighted by molar-refractivity contribution is 5.95. The Bertz CT molecular complexity index is 953. The van der Waals surface area contributed by atoms with Crippen molar-refractivity contribution in [3.05, 3.63) is 54.7 Å². The van der Waals surface area contributed by atoms with Gasteiger partial charge in [-0.2, -0.15) is 0 Å². The molecule has 2 N–H and O–H groups in total. The van der Waals surface area contributed by atoms with E-state index in [0.29, 0.717) is 13.0 Å². The third kappa shape index (κ3) is 5.29. The lowest BCUT2D eigenvalue weighted by Crippen LogP contribution is -2.59. The Morgan fingerprint density at radius 3 is 2.77 bits per heavy atom. The number of amides is 1. The normalized spacial score (nSPS) is 19.0. The molecule has 31 heavy (non-hydrogen) atoms. The molecule has 1 aromatic carbocycles. The van der Waals surface area contributed by atoms with Gasteiger partial charge in [0.1, 0.15) is 24.6 Å². The van der Waals surface area contributed by atoms with Gasteiger partial charge in [-0.15, -0.1) is 0 Å². The lowest BCUT2D eigenvalue weighted by Gasteiger charge is -2.40. The quantitative estimate of drug-likeness (QED) is 0.524. The summed E-state index contributed by atoms with van der Waals surface area (Å²) in [6.45, 7) is 10.1. The summed E-state index contributed by atoms with van der Waals surface area (Å²) in [5.74, 6) is -0.749.